The molecule has 2 heteroatoms. The summed E-state index contributed by atoms with van der Waals surface area (Å²) in [7, 11) is -3.16. The summed E-state index contributed by atoms with van der Waals surface area (Å²) in [5, 5.41) is 2.84. The second-order valence-electron chi connectivity index (χ2n) is 12.7. The van der Waals surface area contributed by atoms with E-state index in [4.69, 9.17) is 6.42 Å². The summed E-state index contributed by atoms with van der Waals surface area (Å²) in [6, 6.07) is 52.8. The van der Waals surface area contributed by atoms with Crippen LogP contribution in [0.4, 0.5) is 0 Å². The highest BCUT2D eigenvalue weighted by Gasteiger charge is 2.20. The molecule has 0 fully saturated rings. The highest BCUT2D eigenvalue weighted by atomic mass is 28.3. The Bertz CT molecular complexity index is 1640. The van der Waals surface area contributed by atoms with Crippen molar-refractivity contribution in [3.63, 3.8) is 0 Å². The third kappa shape index (κ3) is 14.8. The van der Waals surface area contributed by atoms with Crippen molar-refractivity contribution in [2.45, 2.75) is 64.7 Å². The molecule has 0 N–H and O–H groups in total. The van der Waals surface area contributed by atoms with Crippen molar-refractivity contribution < 1.29 is 0 Å². The average molecular weight is 659 g/mol. The Kier molecular flexibility index (Phi) is 16.6. The number of benzene rings is 5. The molecule has 0 unspecified atom stereocenters. The van der Waals surface area contributed by atoms with Crippen molar-refractivity contribution in [3.8, 4) is 35.3 Å². The molecule has 0 atom stereocenters. The molecule has 0 aliphatic heterocycles. The Morgan fingerprint density at radius 3 is 0.958 bits per heavy atom. The normalized spacial score (nSPS) is 10.2. The zero-order valence-electron chi connectivity index (χ0n) is 29.3. The fraction of sp³-hybridized carbons (Fsp3) is 0.217. The predicted molar refractivity (Wildman–Crippen MR) is 216 cm³/mol. The minimum absolute atomic E-state index is 0.837. The van der Waals surface area contributed by atoms with Crippen molar-refractivity contribution in [1.82, 2.24) is 0 Å². The molecular formula is C46H50Si2. The highest BCUT2D eigenvalue weighted by Crippen LogP contribution is 2.06. The fourth-order valence-corrected chi connectivity index (χ4v) is 8.46. The molecule has 242 valence electrons. The van der Waals surface area contributed by atoms with Crippen LogP contribution in [0.15, 0.2) is 152 Å². The summed E-state index contributed by atoms with van der Waals surface area (Å²) in [5.41, 5.74) is 11.1. The van der Waals surface area contributed by atoms with Crippen molar-refractivity contribution in [1.29, 1.82) is 0 Å². The molecule has 5 aromatic carbocycles. The van der Waals surface area contributed by atoms with Gasteiger partial charge in [0.05, 0.1) is 0 Å². The number of rotatable bonds is 8. The summed E-state index contributed by atoms with van der Waals surface area (Å²) < 4.78 is 0. The van der Waals surface area contributed by atoms with Gasteiger partial charge in [-0.05, 0) is 46.3 Å². The van der Waals surface area contributed by atoms with Gasteiger partial charge in [-0.15, -0.1) is 35.3 Å². The van der Waals surface area contributed by atoms with Gasteiger partial charge in [-0.25, -0.2) is 0 Å². The van der Waals surface area contributed by atoms with Crippen LogP contribution in [0.3, 0.4) is 0 Å². The van der Waals surface area contributed by atoms with Gasteiger partial charge in [-0.1, -0.05) is 178 Å². The molecule has 0 aromatic heterocycles. The molecule has 5 rings (SSSR count). The molecule has 0 heterocycles. The Morgan fingerprint density at radius 2 is 0.667 bits per heavy atom. The Balaban J connectivity index is 0.000000205. The summed E-state index contributed by atoms with van der Waals surface area (Å²) in [6.45, 7) is 9.27. The van der Waals surface area contributed by atoms with Crippen molar-refractivity contribution in [3.05, 3.63) is 168 Å². The molecule has 48 heavy (non-hydrogen) atoms. The van der Waals surface area contributed by atoms with Crippen LogP contribution < -0.4 is 10.4 Å². The smallest absolute Gasteiger partial charge is 0.126 e. The minimum atomic E-state index is -1.58. The van der Waals surface area contributed by atoms with E-state index in [2.05, 4.69) is 188 Å². The summed E-state index contributed by atoms with van der Waals surface area (Å²) >= 11 is 0. The second kappa shape index (κ2) is 21.2. The zero-order valence-corrected chi connectivity index (χ0v) is 31.3. The average Bonchev–Trinajstić information content (AvgIpc) is 3.14. The quantitative estimate of drug-likeness (QED) is 0.115. The maximum atomic E-state index is 5.13. The third-order valence-electron chi connectivity index (χ3n) is 7.96. The first-order chi connectivity index (χ1) is 23.3. The lowest BCUT2D eigenvalue weighted by Gasteiger charge is -2.14. The Morgan fingerprint density at radius 1 is 0.396 bits per heavy atom. The molecule has 0 aliphatic rings. The SMILES string of the molecule is C#CCCc1ccccc1.C[Si](C)(C#CCCc1ccccc1)c1ccccc1.C[Si](C)(C#CCCc1ccccc1)c1ccccc1. The van der Waals surface area contributed by atoms with Gasteiger partial charge in [0, 0.05) is 19.3 Å². The van der Waals surface area contributed by atoms with Crippen LogP contribution in [0, 0.1) is 35.3 Å². The third-order valence-corrected chi connectivity index (χ3v) is 13.1. The van der Waals surface area contributed by atoms with Gasteiger partial charge < -0.3 is 0 Å². The van der Waals surface area contributed by atoms with E-state index in [9.17, 15) is 0 Å². The first-order valence-electron chi connectivity index (χ1n) is 17.0. The molecule has 0 radical (unpaired) electrons. The molecule has 0 nitrogen and oxygen atoms in total. The molecule has 5 aromatic rings. The maximum absolute atomic E-state index is 5.13. The van der Waals surface area contributed by atoms with Crippen LogP contribution in [0.5, 0.6) is 0 Å². The van der Waals surface area contributed by atoms with Gasteiger partial charge in [-0.2, -0.15) is 0 Å². The van der Waals surface area contributed by atoms with Crippen LogP contribution in [-0.4, -0.2) is 16.1 Å². The fourth-order valence-electron chi connectivity index (χ4n) is 4.99. The molecule has 0 spiro atoms. The van der Waals surface area contributed by atoms with E-state index in [0.717, 1.165) is 38.5 Å². The minimum Gasteiger partial charge on any atom is -0.126 e. The van der Waals surface area contributed by atoms with Crippen LogP contribution in [0.2, 0.25) is 26.2 Å². The van der Waals surface area contributed by atoms with Crippen LogP contribution in [0.25, 0.3) is 0 Å². The monoisotopic (exact) mass is 658 g/mol. The zero-order chi connectivity index (χ0) is 34.3. The lowest BCUT2D eigenvalue weighted by Crippen LogP contribution is -2.39. The lowest BCUT2D eigenvalue weighted by atomic mass is 10.1. The van der Waals surface area contributed by atoms with E-state index in [1.165, 1.54) is 27.1 Å². The van der Waals surface area contributed by atoms with Gasteiger partial charge in [0.2, 0.25) is 0 Å². The van der Waals surface area contributed by atoms with Gasteiger partial charge in [0.25, 0.3) is 0 Å². The molecule has 0 amide bonds. The summed E-state index contributed by atoms with van der Waals surface area (Å²) in [6.07, 6.45) is 11.0. The van der Waals surface area contributed by atoms with E-state index < -0.39 is 16.1 Å². The number of terminal acetylenes is 1. The molecule has 0 saturated carbocycles. The number of hydrogen-bond donors (Lipinski definition) is 0. The van der Waals surface area contributed by atoms with Crippen molar-refractivity contribution in [2.75, 3.05) is 0 Å². The summed E-state index contributed by atoms with van der Waals surface area (Å²) in [5.74, 6) is 9.38. The van der Waals surface area contributed by atoms with E-state index in [-0.39, 0.29) is 0 Å². The molecule has 0 saturated heterocycles. The van der Waals surface area contributed by atoms with Crippen molar-refractivity contribution >= 4 is 26.5 Å². The first-order valence-corrected chi connectivity index (χ1v) is 23.0. The van der Waals surface area contributed by atoms with E-state index in [1.807, 2.05) is 18.2 Å². The van der Waals surface area contributed by atoms with Crippen LogP contribution >= 0.6 is 0 Å². The van der Waals surface area contributed by atoms with E-state index in [1.54, 1.807) is 0 Å². The largest absolute Gasteiger partial charge is 0.162 e. The molecule has 0 bridgehead atoms. The standard InChI is InChI=1S/2C18H20Si.C10H10/c2*1-19(2,18-14-7-4-8-15-18)16-10-9-13-17-11-5-3-6-12-17;1-2-3-7-10-8-5-4-6-9-10/h2*3-8,11-12,14-15H,9,13H2,1-2H3;1,4-6,8-9H,3,7H2. The predicted octanol–water partition coefficient (Wildman–Crippen LogP) is 9.81. The van der Waals surface area contributed by atoms with Crippen LogP contribution in [-0.2, 0) is 19.3 Å². The number of aryl methyl sites for hydroxylation is 3. The van der Waals surface area contributed by atoms with Crippen molar-refractivity contribution in [2.24, 2.45) is 0 Å². The van der Waals surface area contributed by atoms with Gasteiger partial charge in [0.15, 0.2) is 16.1 Å². The van der Waals surface area contributed by atoms with E-state index in [0.29, 0.717) is 0 Å². The second-order valence-corrected chi connectivity index (χ2v) is 20.9. The Hall–Kier alpha value is -4.79. The van der Waals surface area contributed by atoms with Crippen LogP contribution in [0.1, 0.15) is 36.0 Å². The lowest BCUT2D eigenvalue weighted by molar-refractivity contribution is 1.03. The topological polar surface area (TPSA) is 0 Å². The highest BCUT2D eigenvalue weighted by molar-refractivity contribution is 6.96. The number of hydrogen-bond acceptors (Lipinski definition) is 0. The van der Waals surface area contributed by atoms with E-state index >= 15 is 0 Å². The molecular weight excluding hydrogens is 609 g/mol. The summed E-state index contributed by atoms with van der Waals surface area (Å²) in [4.78, 5) is 0. The maximum Gasteiger partial charge on any atom is 0.162 e. The van der Waals surface area contributed by atoms with Gasteiger partial charge >= 0.3 is 0 Å². The van der Waals surface area contributed by atoms with Gasteiger partial charge in [-0.3, -0.25) is 0 Å². The Labute approximate surface area is 293 Å². The van der Waals surface area contributed by atoms with Gasteiger partial charge in [0.1, 0.15) is 0 Å². The molecule has 0 aliphatic carbocycles. The first kappa shape index (κ1) is 37.7.